The fourth-order valence-electron chi connectivity index (χ4n) is 5.69. The van der Waals surface area contributed by atoms with Gasteiger partial charge >= 0.3 is 0 Å². The minimum atomic E-state index is 0.246. The lowest BCUT2D eigenvalue weighted by molar-refractivity contribution is 1.09. The lowest BCUT2D eigenvalue weighted by atomic mass is 9.35. The number of para-hydroxylation sites is 2. The fourth-order valence-corrected chi connectivity index (χ4v) is 8.10. The van der Waals surface area contributed by atoms with Crippen LogP contribution in [0.2, 0.25) is 0 Å². The lowest BCUT2D eigenvalue weighted by Gasteiger charge is -2.45. The molecule has 34 heavy (non-hydrogen) atoms. The molecule has 0 fully saturated rings. The van der Waals surface area contributed by atoms with Gasteiger partial charge in [0.15, 0.2) is 0 Å². The Hall–Kier alpha value is -3.34. The molecule has 0 amide bonds. The molecule has 0 spiro atoms. The van der Waals surface area contributed by atoms with Crippen LogP contribution in [-0.2, 0) is 0 Å². The molecule has 1 nitrogen and oxygen atoms in total. The Morgan fingerprint density at radius 2 is 1.03 bits per heavy atom. The summed E-state index contributed by atoms with van der Waals surface area (Å²) >= 11 is 3.84. The summed E-state index contributed by atoms with van der Waals surface area (Å²) in [5, 5.41) is 0. The smallest absolute Gasteiger partial charge is 0.246 e. The van der Waals surface area contributed by atoms with Gasteiger partial charge in [0.1, 0.15) is 0 Å². The van der Waals surface area contributed by atoms with Crippen LogP contribution in [0.15, 0.2) is 129 Å². The van der Waals surface area contributed by atoms with Crippen molar-refractivity contribution in [3.05, 3.63) is 109 Å². The number of hydrogen-bond acceptors (Lipinski definition) is 3. The molecule has 0 radical (unpaired) electrons. The summed E-state index contributed by atoms with van der Waals surface area (Å²) in [6, 6.07) is 40.2. The zero-order valence-electron chi connectivity index (χ0n) is 18.2. The Labute approximate surface area is 207 Å². The van der Waals surface area contributed by atoms with E-state index in [2.05, 4.69) is 114 Å². The van der Waals surface area contributed by atoms with E-state index in [1.807, 2.05) is 23.5 Å². The SMILES string of the molecule is c1ccc(B2c3cccc4c3N3c5c(cc(-c6ccccc6)cc5Sc5cccc2c53)S4)cc1. The Bertz CT molecular complexity index is 1540. The first-order chi connectivity index (χ1) is 16.9. The maximum Gasteiger partial charge on any atom is 0.246 e. The summed E-state index contributed by atoms with van der Waals surface area (Å²) in [5.41, 5.74) is 10.8. The minimum Gasteiger partial charge on any atom is -0.307 e. The molecule has 0 saturated carbocycles. The average molecular weight is 467 g/mol. The maximum absolute atomic E-state index is 2.57. The van der Waals surface area contributed by atoms with Gasteiger partial charge in [-0.2, -0.15) is 0 Å². The Balaban J connectivity index is 1.43. The van der Waals surface area contributed by atoms with E-state index < -0.39 is 0 Å². The summed E-state index contributed by atoms with van der Waals surface area (Å²) in [5.74, 6) is 0. The third kappa shape index (κ3) is 2.55. The van der Waals surface area contributed by atoms with Crippen molar-refractivity contribution in [2.75, 3.05) is 4.90 Å². The first kappa shape index (κ1) is 19.0. The van der Waals surface area contributed by atoms with Crippen LogP contribution in [0.1, 0.15) is 0 Å². The molecule has 0 bridgehead atoms. The fraction of sp³-hybridized carbons (Fsp3) is 0. The van der Waals surface area contributed by atoms with Gasteiger partial charge in [-0.3, -0.25) is 0 Å². The Morgan fingerprint density at radius 3 is 1.62 bits per heavy atom. The topological polar surface area (TPSA) is 3.24 Å². The second kappa shape index (κ2) is 7.08. The molecule has 3 aliphatic rings. The summed E-state index contributed by atoms with van der Waals surface area (Å²) in [4.78, 5) is 7.93. The van der Waals surface area contributed by atoms with Crippen LogP contribution < -0.4 is 21.3 Å². The van der Waals surface area contributed by atoms with Crippen LogP contribution in [0, 0.1) is 0 Å². The van der Waals surface area contributed by atoms with E-state index in [4.69, 9.17) is 0 Å². The highest BCUT2D eigenvalue weighted by Gasteiger charge is 2.43. The molecule has 3 aliphatic heterocycles. The van der Waals surface area contributed by atoms with E-state index in [1.165, 1.54) is 64.2 Å². The van der Waals surface area contributed by atoms with E-state index in [-0.39, 0.29) is 6.71 Å². The molecule has 0 saturated heterocycles. The normalized spacial score (nSPS) is 14.1. The van der Waals surface area contributed by atoms with Gasteiger partial charge in [0.2, 0.25) is 6.71 Å². The zero-order chi connectivity index (χ0) is 22.2. The summed E-state index contributed by atoms with van der Waals surface area (Å²) in [6.45, 7) is 0.246. The molecule has 4 heteroatoms. The molecule has 0 unspecified atom stereocenters. The zero-order valence-corrected chi connectivity index (χ0v) is 19.9. The highest BCUT2D eigenvalue weighted by molar-refractivity contribution is 8.00. The molecular weight excluding hydrogens is 449 g/mol. The van der Waals surface area contributed by atoms with Gasteiger partial charge in [-0.15, -0.1) is 0 Å². The molecule has 5 aromatic rings. The van der Waals surface area contributed by atoms with Gasteiger partial charge < -0.3 is 4.90 Å². The van der Waals surface area contributed by atoms with Crippen molar-refractivity contribution in [1.29, 1.82) is 0 Å². The van der Waals surface area contributed by atoms with E-state index in [0.717, 1.165) is 0 Å². The molecule has 0 aromatic heterocycles. The summed E-state index contributed by atoms with van der Waals surface area (Å²) < 4.78 is 0. The standard InChI is InChI=1S/C30H18BNS2/c1-3-9-19(10-4-1)20-17-26-30-27(18-20)34-25-16-8-14-23-29(25)32(30)28-22(13-7-15-24(28)33-26)31(23)21-11-5-2-6-12-21/h1-18H. The van der Waals surface area contributed by atoms with Gasteiger partial charge in [-0.1, -0.05) is 114 Å². The van der Waals surface area contributed by atoms with Gasteiger partial charge in [-0.05, 0) is 46.3 Å². The quantitative estimate of drug-likeness (QED) is 0.264. The van der Waals surface area contributed by atoms with Crippen molar-refractivity contribution in [3.8, 4) is 11.1 Å². The van der Waals surface area contributed by atoms with Gasteiger partial charge in [0.25, 0.3) is 0 Å². The van der Waals surface area contributed by atoms with Crippen LogP contribution >= 0.6 is 23.5 Å². The van der Waals surface area contributed by atoms with Crippen molar-refractivity contribution < 1.29 is 0 Å². The Morgan fingerprint density at radius 1 is 0.471 bits per heavy atom. The van der Waals surface area contributed by atoms with E-state index in [1.54, 1.807) is 0 Å². The monoisotopic (exact) mass is 467 g/mol. The van der Waals surface area contributed by atoms with Crippen molar-refractivity contribution in [1.82, 2.24) is 0 Å². The number of rotatable bonds is 2. The largest absolute Gasteiger partial charge is 0.307 e. The van der Waals surface area contributed by atoms with E-state index in [0.29, 0.717) is 0 Å². The summed E-state index contributed by atoms with van der Waals surface area (Å²) in [7, 11) is 0. The molecule has 3 heterocycles. The van der Waals surface area contributed by atoms with Crippen molar-refractivity contribution in [2.24, 2.45) is 0 Å². The predicted molar refractivity (Wildman–Crippen MR) is 146 cm³/mol. The molecule has 158 valence electrons. The van der Waals surface area contributed by atoms with Crippen molar-refractivity contribution in [3.63, 3.8) is 0 Å². The van der Waals surface area contributed by atoms with Gasteiger partial charge in [0, 0.05) is 19.6 Å². The van der Waals surface area contributed by atoms with E-state index >= 15 is 0 Å². The molecule has 0 aliphatic carbocycles. The first-order valence-electron chi connectivity index (χ1n) is 11.6. The van der Waals surface area contributed by atoms with Crippen LogP contribution in [0.25, 0.3) is 11.1 Å². The van der Waals surface area contributed by atoms with Crippen molar-refractivity contribution >= 4 is 63.7 Å². The second-order valence-electron chi connectivity index (χ2n) is 8.96. The van der Waals surface area contributed by atoms with Crippen LogP contribution in [-0.4, -0.2) is 6.71 Å². The van der Waals surface area contributed by atoms with Crippen LogP contribution in [0.3, 0.4) is 0 Å². The lowest BCUT2D eigenvalue weighted by Crippen LogP contribution is -2.58. The van der Waals surface area contributed by atoms with E-state index in [9.17, 15) is 0 Å². The maximum atomic E-state index is 2.57. The minimum absolute atomic E-state index is 0.246. The second-order valence-corrected chi connectivity index (χ2v) is 11.1. The van der Waals surface area contributed by atoms with Crippen molar-refractivity contribution in [2.45, 2.75) is 19.6 Å². The van der Waals surface area contributed by atoms with Gasteiger partial charge in [0.05, 0.1) is 17.1 Å². The molecule has 0 N–H and O–H groups in total. The van der Waals surface area contributed by atoms with Gasteiger partial charge in [-0.25, -0.2) is 0 Å². The highest BCUT2D eigenvalue weighted by atomic mass is 32.2. The number of hydrogen-bond donors (Lipinski definition) is 0. The average Bonchev–Trinajstić information content (AvgIpc) is 2.89. The Kier molecular flexibility index (Phi) is 3.96. The highest BCUT2D eigenvalue weighted by Crippen LogP contribution is 2.60. The third-order valence-electron chi connectivity index (χ3n) is 7.07. The molecule has 5 aromatic carbocycles. The third-order valence-corrected chi connectivity index (χ3v) is 9.23. The molecule has 0 atom stereocenters. The molecular formula is C30H18BNS2. The number of benzene rings is 5. The number of anilines is 3. The van der Waals surface area contributed by atoms with Crippen LogP contribution in [0.4, 0.5) is 17.1 Å². The first-order valence-corrected chi connectivity index (χ1v) is 13.2. The predicted octanol–water partition coefficient (Wildman–Crippen LogP) is 6.58. The molecule has 8 rings (SSSR count). The summed E-state index contributed by atoms with van der Waals surface area (Å²) in [6.07, 6.45) is 0. The number of nitrogens with zero attached hydrogens (tertiary/aromatic N) is 1. The van der Waals surface area contributed by atoms with Crippen LogP contribution in [0.5, 0.6) is 0 Å².